The fourth-order valence-corrected chi connectivity index (χ4v) is 2.86. The lowest BCUT2D eigenvalue weighted by Crippen LogP contribution is -2.39. The van der Waals surface area contributed by atoms with Gasteiger partial charge in [0.25, 0.3) is 0 Å². The largest absolute Gasteiger partial charge is 0.355 e. The minimum absolute atomic E-state index is 0.107. The van der Waals surface area contributed by atoms with Gasteiger partial charge < -0.3 is 5.32 Å². The maximum atomic E-state index is 12.1. The van der Waals surface area contributed by atoms with E-state index in [9.17, 15) is 13.2 Å². The van der Waals surface area contributed by atoms with Gasteiger partial charge in [0.15, 0.2) is 9.84 Å². The summed E-state index contributed by atoms with van der Waals surface area (Å²) < 4.78 is 24.3. The lowest BCUT2D eigenvalue weighted by molar-refractivity contribution is -0.120. The van der Waals surface area contributed by atoms with Crippen LogP contribution < -0.4 is 5.32 Å². The number of benzene rings is 1. The molecule has 1 atom stereocenters. The van der Waals surface area contributed by atoms with Crippen LogP contribution in [0.2, 0.25) is 0 Å². The fraction of sp³-hybridized carbons (Fsp3) is 0.500. The summed E-state index contributed by atoms with van der Waals surface area (Å²) in [4.78, 5) is 11.8. The van der Waals surface area contributed by atoms with Gasteiger partial charge in [-0.2, -0.15) is 0 Å². The van der Waals surface area contributed by atoms with Crippen molar-refractivity contribution in [1.29, 1.82) is 0 Å². The minimum atomic E-state index is -3.47. The predicted octanol–water partition coefficient (Wildman–Crippen LogP) is 1.76. The first-order valence-electron chi connectivity index (χ1n) is 6.36. The second kappa shape index (κ2) is 6.70. The zero-order valence-electron chi connectivity index (χ0n) is 11.6. The number of hydrogen-bond acceptors (Lipinski definition) is 3. The molecule has 1 N–H and O–H groups in total. The van der Waals surface area contributed by atoms with E-state index in [4.69, 9.17) is 0 Å². The van der Waals surface area contributed by atoms with Crippen molar-refractivity contribution in [2.45, 2.75) is 31.8 Å². The number of amides is 1. The number of carbonyl (C=O) groups is 1. The summed E-state index contributed by atoms with van der Waals surface area (Å²) >= 11 is 0. The van der Waals surface area contributed by atoms with Crippen molar-refractivity contribution in [2.24, 2.45) is 5.92 Å². The molecule has 4 nitrogen and oxygen atoms in total. The highest BCUT2D eigenvalue weighted by Gasteiger charge is 2.27. The average molecular weight is 283 g/mol. The topological polar surface area (TPSA) is 63.2 Å². The molecule has 106 valence electrons. The van der Waals surface area contributed by atoms with Gasteiger partial charge >= 0.3 is 0 Å². The molecule has 0 saturated carbocycles. The third kappa shape index (κ3) is 5.03. The summed E-state index contributed by atoms with van der Waals surface area (Å²) in [6.45, 7) is 5.85. The molecular weight excluding hydrogens is 262 g/mol. The van der Waals surface area contributed by atoms with Gasteiger partial charge in [-0.1, -0.05) is 44.2 Å². The Kier molecular flexibility index (Phi) is 5.54. The molecule has 1 aromatic rings. The van der Waals surface area contributed by atoms with Gasteiger partial charge in [-0.3, -0.25) is 4.79 Å². The molecule has 0 spiro atoms. The van der Waals surface area contributed by atoms with E-state index in [1.54, 1.807) is 24.3 Å². The van der Waals surface area contributed by atoms with E-state index in [2.05, 4.69) is 5.32 Å². The van der Waals surface area contributed by atoms with E-state index in [0.717, 1.165) is 0 Å². The Morgan fingerprint density at radius 3 is 2.26 bits per heavy atom. The first-order valence-corrected chi connectivity index (χ1v) is 8.07. The van der Waals surface area contributed by atoms with Crippen LogP contribution in [0.5, 0.6) is 0 Å². The first kappa shape index (κ1) is 15.7. The van der Waals surface area contributed by atoms with Crippen LogP contribution in [0.1, 0.15) is 26.3 Å². The molecule has 1 aromatic carbocycles. The standard InChI is InChI=1S/C14H21NO3S/c1-11(2)9-15-14(16)12(3)19(17,18)10-13-7-5-4-6-8-13/h4-8,11-12H,9-10H2,1-3H3,(H,15,16)/t12-/m1/s1. The van der Waals surface area contributed by atoms with Crippen molar-refractivity contribution in [3.8, 4) is 0 Å². The van der Waals surface area contributed by atoms with Gasteiger partial charge in [-0.25, -0.2) is 8.42 Å². The monoisotopic (exact) mass is 283 g/mol. The third-order valence-corrected chi connectivity index (χ3v) is 4.83. The van der Waals surface area contributed by atoms with Crippen LogP contribution >= 0.6 is 0 Å². The van der Waals surface area contributed by atoms with Crippen LogP contribution in [0.15, 0.2) is 30.3 Å². The Balaban J connectivity index is 2.69. The summed E-state index contributed by atoms with van der Waals surface area (Å²) in [5.74, 6) is -0.234. The van der Waals surface area contributed by atoms with E-state index in [1.165, 1.54) is 6.92 Å². The lowest BCUT2D eigenvalue weighted by atomic mass is 10.2. The summed E-state index contributed by atoms with van der Waals surface area (Å²) in [6.07, 6.45) is 0. The van der Waals surface area contributed by atoms with E-state index in [-0.39, 0.29) is 5.75 Å². The molecule has 0 heterocycles. The number of nitrogens with one attached hydrogen (secondary N) is 1. The van der Waals surface area contributed by atoms with Crippen molar-refractivity contribution in [3.63, 3.8) is 0 Å². The number of rotatable bonds is 6. The summed E-state index contributed by atoms with van der Waals surface area (Å²) in [5, 5.41) is 1.63. The highest BCUT2D eigenvalue weighted by molar-refractivity contribution is 7.92. The van der Waals surface area contributed by atoms with Gasteiger partial charge in [0.05, 0.1) is 5.75 Å². The van der Waals surface area contributed by atoms with E-state index >= 15 is 0 Å². The molecule has 0 unspecified atom stereocenters. The molecule has 5 heteroatoms. The van der Waals surface area contributed by atoms with Crippen molar-refractivity contribution < 1.29 is 13.2 Å². The minimum Gasteiger partial charge on any atom is -0.355 e. The second-order valence-corrected chi connectivity index (χ2v) is 7.40. The van der Waals surface area contributed by atoms with Crippen LogP contribution in [0.3, 0.4) is 0 Å². The zero-order chi connectivity index (χ0) is 14.5. The second-order valence-electron chi connectivity index (χ2n) is 5.07. The van der Waals surface area contributed by atoms with Gasteiger partial charge in [-0.15, -0.1) is 0 Å². The normalized spacial score (nSPS) is 13.3. The van der Waals surface area contributed by atoms with Crippen LogP contribution in [0, 0.1) is 5.92 Å². The Bertz CT molecular complexity index is 509. The Labute approximate surface area is 115 Å². The van der Waals surface area contributed by atoms with Gasteiger partial charge in [0.2, 0.25) is 5.91 Å². The summed E-state index contributed by atoms with van der Waals surface area (Å²) in [5.41, 5.74) is 0.700. The summed E-state index contributed by atoms with van der Waals surface area (Å²) in [6, 6.07) is 8.89. The highest BCUT2D eigenvalue weighted by Crippen LogP contribution is 2.11. The number of carbonyl (C=O) groups excluding carboxylic acids is 1. The molecule has 1 amide bonds. The molecule has 0 bridgehead atoms. The highest BCUT2D eigenvalue weighted by atomic mass is 32.2. The molecule has 1 rings (SSSR count). The molecule has 0 saturated heterocycles. The lowest BCUT2D eigenvalue weighted by Gasteiger charge is -2.14. The van der Waals surface area contributed by atoms with Crippen molar-refractivity contribution in [1.82, 2.24) is 5.32 Å². The van der Waals surface area contributed by atoms with Crippen molar-refractivity contribution in [2.75, 3.05) is 6.54 Å². The van der Waals surface area contributed by atoms with Crippen LogP contribution in [-0.4, -0.2) is 26.1 Å². The van der Waals surface area contributed by atoms with Gasteiger partial charge in [0, 0.05) is 6.54 Å². The smallest absolute Gasteiger partial charge is 0.238 e. The first-order chi connectivity index (χ1) is 8.83. The molecule has 0 fully saturated rings. The van der Waals surface area contributed by atoms with Crippen molar-refractivity contribution in [3.05, 3.63) is 35.9 Å². The van der Waals surface area contributed by atoms with Crippen molar-refractivity contribution >= 4 is 15.7 Å². The molecule has 0 aliphatic heterocycles. The SMILES string of the molecule is CC(C)CNC(=O)[C@@H](C)S(=O)(=O)Cc1ccccc1. The molecule has 0 aromatic heterocycles. The maximum Gasteiger partial charge on any atom is 0.238 e. The Morgan fingerprint density at radius 1 is 1.16 bits per heavy atom. The quantitative estimate of drug-likeness (QED) is 0.865. The molecule has 19 heavy (non-hydrogen) atoms. The fourth-order valence-electron chi connectivity index (χ4n) is 1.54. The van der Waals surface area contributed by atoms with Gasteiger partial charge in [0.1, 0.15) is 5.25 Å². The molecule has 0 radical (unpaired) electrons. The van der Waals surface area contributed by atoms with E-state index in [1.807, 2.05) is 19.9 Å². The molecule has 0 aliphatic carbocycles. The number of sulfone groups is 1. The Hall–Kier alpha value is -1.36. The van der Waals surface area contributed by atoms with Crippen LogP contribution in [-0.2, 0) is 20.4 Å². The van der Waals surface area contributed by atoms with Gasteiger partial charge in [-0.05, 0) is 18.4 Å². The van der Waals surface area contributed by atoms with Crippen LogP contribution in [0.4, 0.5) is 0 Å². The molecular formula is C14H21NO3S. The van der Waals surface area contributed by atoms with E-state index in [0.29, 0.717) is 18.0 Å². The van der Waals surface area contributed by atoms with Crippen LogP contribution in [0.25, 0.3) is 0 Å². The third-order valence-electron chi connectivity index (χ3n) is 2.80. The molecule has 0 aliphatic rings. The predicted molar refractivity (Wildman–Crippen MR) is 76.4 cm³/mol. The summed E-state index contributed by atoms with van der Waals surface area (Å²) in [7, 11) is -3.47. The van der Waals surface area contributed by atoms with E-state index < -0.39 is 21.0 Å². The average Bonchev–Trinajstić information content (AvgIpc) is 2.35. The Morgan fingerprint density at radius 2 is 1.74 bits per heavy atom. The zero-order valence-corrected chi connectivity index (χ0v) is 12.4. The maximum absolute atomic E-state index is 12.1. The number of hydrogen-bond donors (Lipinski definition) is 1.